The lowest BCUT2D eigenvalue weighted by molar-refractivity contribution is -0.126. The van der Waals surface area contributed by atoms with Crippen molar-refractivity contribution in [1.82, 2.24) is 5.32 Å². The van der Waals surface area contributed by atoms with Gasteiger partial charge in [0.05, 0.1) is 0 Å². The Morgan fingerprint density at radius 3 is 2.33 bits per heavy atom. The zero-order valence-corrected chi connectivity index (χ0v) is 19.5. The first kappa shape index (κ1) is 20.6. The van der Waals surface area contributed by atoms with E-state index in [4.69, 9.17) is 0 Å². The molecule has 4 bridgehead atoms. The van der Waals surface area contributed by atoms with Crippen LogP contribution in [0.3, 0.4) is 0 Å². The van der Waals surface area contributed by atoms with Gasteiger partial charge in [-0.3, -0.25) is 4.79 Å². The first-order valence-corrected chi connectivity index (χ1v) is 12.6. The third-order valence-corrected chi connectivity index (χ3v) is 10.5. The number of amides is 1. The molecule has 0 aromatic heterocycles. The number of rotatable bonds is 5. The molecule has 5 saturated carbocycles. The normalized spacial score (nSPS) is 44.1. The molecule has 0 aliphatic heterocycles. The van der Waals surface area contributed by atoms with E-state index in [2.05, 4.69) is 56.4 Å². The lowest BCUT2D eigenvalue weighted by Crippen LogP contribution is -2.57. The maximum Gasteiger partial charge on any atom is 0.222 e. The first-order chi connectivity index (χ1) is 14.4. The van der Waals surface area contributed by atoms with E-state index in [0.29, 0.717) is 22.7 Å². The van der Waals surface area contributed by atoms with E-state index in [-0.39, 0.29) is 11.8 Å². The summed E-state index contributed by atoms with van der Waals surface area (Å²) in [6.45, 7) is 7.02. The Balaban J connectivity index is 1.41. The number of hydrogen-bond donors (Lipinski definition) is 1. The Morgan fingerprint density at radius 2 is 1.70 bits per heavy atom. The molecule has 30 heavy (non-hydrogen) atoms. The number of carbonyl (C=O) groups excluding carboxylic acids is 1. The number of nitrogens with one attached hydrogen (secondary N) is 1. The lowest BCUT2D eigenvalue weighted by atomic mass is 9.40. The average Bonchev–Trinajstić information content (AvgIpc) is 3.14. The molecule has 1 aromatic carbocycles. The Bertz CT molecular complexity index is 771. The van der Waals surface area contributed by atoms with Crippen LogP contribution in [0.25, 0.3) is 0 Å². The fraction of sp³-hybridized carbons (Fsp3) is 0.750. The molecule has 4 unspecified atom stereocenters. The summed E-state index contributed by atoms with van der Waals surface area (Å²) in [5.41, 5.74) is 2.64. The van der Waals surface area contributed by atoms with Crippen LogP contribution in [0.1, 0.15) is 77.7 Å². The van der Waals surface area contributed by atoms with Gasteiger partial charge in [-0.1, -0.05) is 51.1 Å². The topological polar surface area (TPSA) is 29.1 Å². The van der Waals surface area contributed by atoms with E-state index >= 15 is 0 Å². The van der Waals surface area contributed by atoms with Crippen molar-refractivity contribution in [2.24, 2.45) is 46.8 Å². The molecule has 2 heteroatoms. The highest BCUT2D eigenvalue weighted by Gasteiger charge is 2.62. The third kappa shape index (κ3) is 3.07. The van der Waals surface area contributed by atoms with Gasteiger partial charge in [0, 0.05) is 13.0 Å². The SMILES string of the molecule is CNC(=O)C(C)C(C)[C@H]1CC[C@@H](C23CC4CC(CC(c5ccccc5)(C4)C2)C3)[C@H]1C. The predicted octanol–water partition coefficient (Wildman–Crippen LogP) is 6.21. The molecule has 1 N–H and O–H groups in total. The molecule has 1 aromatic rings. The van der Waals surface area contributed by atoms with Crippen LogP contribution in [0.15, 0.2) is 30.3 Å². The fourth-order valence-electron chi connectivity index (χ4n) is 9.54. The van der Waals surface area contributed by atoms with E-state index in [1.165, 1.54) is 51.4 Å². The zero-order chi connectivity index (χ0) is 21.1. The minimum atomic E-state index is 0.119. The third-order valence-electron chi connectivity index (χ3n) is 10.5. The summed E-state index contributed by atoms with van der Waals surface area (Å²) >= 11 is 0. The molecule has 2 nitrogen and oxygen atoms in total. The highest BCUT2D eigenvalue weighted by atomic mass is 16.1. The molecule has 0 radical (unpaired) electrons. The van der Waals surface area contributed by atoms with Crippen LogP contribution in [0.2, 0.25) is 0 Å². The highest BCUT2D eigenvalue weighted by Crippen LogP contribution is 2.70. The van der Waals surface area contributed by atoms with Crippen molar-refractivity contribution >= 4 is 5.91 Å². The molecule has 0 saturated heterocycles. The number of carbonyl (C=O) groups is 1. The number of benzene rings is 1. The Kier molecular flexibility index (Phi) is 5.07. The van der Waals surface area contributed by atoms with Crippen LogP contribution in [0.5, 0.6) is 0 Å². The van der Waals surface area contributed by atoms with Crippen molar-refractivity contribution in [3.63, 3.8) is 0 Å². The van der Waals surface area contributed by atoms with Crippen LogP contribution in [-0.2, 0) is 10.2 Å². The molecule has 164 valence electrons. The molecule has 0 spiro atoms. The van der Waals surface area contributed by atoms with Gasteiger partial charge >= 0.3 is 0 Å². The molecular weight excluding hydrogens is 366 g/mol. The monoisotopic (exact) mass is 407 g/mol. The van der Waals surface area contributed by atoms with Crippen molar-refractivity contribution in [2.75, 3.05) is 7.05 Å². The Hall–Kier alpha value is -1.31. The molecule has 5 aliphatic rings. The molecule has 1 amide bonds. The maximum atomic E-state index is 12.3. The largest absolute Gasteiger partial charge is 0.359 e. The average molecular weight is 408 g/mol. The van der Waals surface area contributed by atoms with E-state index in [1.54, 1.807) is 12.6 Å². The van der Waals surface area contributed by atoms with E-state index in [0.717, 1.165) is 23.7 Å². The standard InChI is InChI=1S/C28H41NO/c1-18(19(2)26(30)29-4)24-10-11-25(20(24)3)28-15-21-12-22(16-28)14-27(13-21,17-28)23-8-6-5-7-9-23/h5-9,18-22,24-25H,10-17H2,1-4H3,(H,29,30)/t18?,19?,20-,21?,22?,24+,25+,27?,28?/m0/s1. The number of hydrogen-bond acceptors (Lipinski definition) is 1. The summed E-state index contributed by atoms with van der Waals surface area (Å²) in [7, 11) is 1.78. The Labute approximate surface area is 183 Å². The molecule has 6 rings (SSSR count). The van der Waals surface area contributed by atoms with Gasteiger partial charge in [-0.15, -0.1) is 0 Å². The second kappa shape index (κ2) is 7.38. The van der Waals surface area contributed by atoms with Crippen molar-refractivity contribution in [1.29, 1.82) is 0 Å². The van der Waals surface area contributed by atoms with E-state index < -0.39 is 0 Å². The van der Waals surface area contributed by atoms with Gasteiger partial charge in [0.1, 0.15) is 0 Å². The van der Waals surface area contributed by atoms with Crippen LogP contribution < -0.4 is 5.32 Å². The van der Waals surface area contributed by atoms with Crippen molar-refractivity contribution in [3.8, 4) is 0 Å². The minimum Gasteiger partial charge on any atom is -0.359 e. The molecule has 5 aliphatic carbocycles. The van der Waals surface area contributed by atoms with Gasteiger partial charge in [-0.05, 0) is 103 Å². The van der Waals surface area contributed by atoms with Gasteiger partial charge in [0.15, 0.2) is 0 Å². The van der Waals surface area contributed by atoms with Crippen molar-refractivity contribution < 1.29 is 4.79 Å². The van der Waals surface area contributed by atoms with E-state index in [9.17, 15) is 4.79 Å². The summed E-state index contributed by atoms with van der Waals surface area (Å²) in [6.07, 6.45) is 11.5. The van der Waals surface area contributed by atoms with Gasteiger partial charge in [0.25, 0.3) is 0 Å². The zero-order valence-electron chi connectivity index (χ0n) is 19.5. The highest BCUT2D eigenvalue weighted by molar-refractivity contribution is 5.78. The molecule has 7 atom stereocenters. The first-order valence-electron chi connectivity index (χ1n) is 12.6. The van der Waals surface area contributed by atoms with Gasteiger partial charge < -0.3 is 5.32 Å². The van der Waals surface area contributed by atoms with E-state index in [1.807, 2.05) is 0 Å². The van der Waals surface area contributed by atoms with Crippen LogP contribution in [-0.4, -0.2) is 13.0 Å². The fourth-order valence-corrected chi connectivity index (χ4v) is 9.54. The molecule has 5 fully saturated rings. The van der Waals surface area contributed by atoms with Gasteiger partial charge in [-0.2, -0.15) is 0 Å². The maximum absolute atomic E-state index is 12.3. The van der Waals surface area contributed by atoms with Crippen LogP contribution in [0, 0.1) is 46.8 Å². The Morgan fingerprint density at radius 1 is 1.03 bits per heavy atom. The lowest BCUT2D eigenvalue weighted by Gasteiger charge is -2.65. The summed E-state index contributed by atoms with van der Waals surface area (Å²) in [5.74, 6) is 5.00. The summed E-state index contributed by atoms with van der Waals surface area (Å²) < 4.78 is 0. The smallest absolute Gasteiger partial charge is 0.222 e. The van der Waals surface area contributed by atoms with Crippen LogP contribution >= 0.6 is 0 Å². The minimum absolute atomic E-state index is 0.119. The second-order valence-electron chi connectivity index (χ2n) is 11.9. The molecular formula is C28H41NO. The summed E-state index contributed by atoms with van der Waals surface area (Å²) in [6, 6.07) is 11.6. The van der Waals surface area contributed by atoms with Crippen molar-refractivity contribution in [3.05, 3.63) is 35.9 Å². The predicted molar refractivity (Wildman–Crippen MR) is 123 cm³/mol. The summed E-state index contributed by atoms with van der Waals surface area (Å²) in [5, 5.41) is 2.89. The van der Waals surface area contributed by atoms with Crippen molar-refractivity contribution in [2.45, 2.75) is 77.6 Å². The summed E-state index contributed by atoms with van der Waals surface area (Å²) in [4.78, 5) is 12.3. The second-order valence-corrected chi connectivity index (χ2v) is 11.9. The van der Waals surface area contributed by atoms with Crippen LogP contribution in [0.4, 0.5) is 0 Å². The van der Waals surface area contributed by atoms with Gasteiger partial charge in [-0.25, -0.2) is 0 Å². The quantitative estimate of drug-likeness (QED) is 0.618. The molecule has 0 heterocycles. The van der Waals surface area contributed by atoms with Gasteiger partial charge in [0.2, 0.25) is 5.91 Å².